The quantitative estimate of drug-likeness (QED) is 0.310. The van der Waals surface area contributed by atoms with Gasteiger partial charge in [0.25, 0.3) is 5.91 Å². The van der Waals surface area contributed by atoms with E-state index in [0.717, 1.165) is 10.9 Å². The van der Waals surface area contributed by atoms with Crippen LogP contribution in [0.2, 0.25) is 10.0 Å². The maximum absolute atomic E-state index is 13.6. The molecule has 1 atom stereocenters. The van der Waals surface area contributed by atoms with E-state index in [1.807, 2.05) is 42.5 Å². The van der Waals surface area contributed by atoms with Gasteiger partial charge in [0, 0.05) is 11.9 Å². The van der Waals surface area contributed by atoms with E-state index < -0.39 is 23.5 Å². The number of Topliss-reactive ketones (excluding diaryl/α,β-unsaturated/α-hetero) is 1. The Labute approximate surface area is 205 Å². The summed E-state index contributed by atoms with van der Waals surface area (Å²) in [7, 11) is 0. The number of aliphatic hydroxyl groups is 1. The molecular weight excluding hydrogens is 473 g/mol. The van der Waals surface area contributed by atoms with Gasteiger partial charge in [-0.25, -0.2) is 0 Å². The van der Waals surface area contributed by atoms with Crippen molar-refractivity contribution in [3.8, 4) is 0 Å². The predicted octanol–water partition coefficient (Wildman–Crippen LogP) is 6.56. The largest absolute Gasteiger partial charge is 0.503 e. The van der Waals surface area contributed by atoms with Crippen molar-refractivity contribution >= 4 is 45.9 Å². The lowest BCUT2D eigenvalue weighted by Gasteiger charge is -2.27. The molecule has 5 nitrogen and oxygen atoms in total. The van der Waals surface area contributed by atoms with E-state index in [-0.39, 0.29) is 22.9 Å². The summed E-state index contributed by atoms with van der Waals surface area (Å²) in [5, 5.41) is 12.2. The van der Waals surface area contributed by atoms with Gasteiger partial charge in [0.05, 0.1) is 21.7 Å². The van der Waals surface area contributed by atoms with Crippen molar-refractivity contribution in [3.05, 3.63) is 117 Å². The van der Waals surface area contributed by atoms with Crippen molar-refractivity contribution < 1.29 is 19.1 Å². The number of benzene rings is 3. The molecule has 170 valence electrons. The zero-order valence-electron chi connectivity index (χ0n) is 17.9. The molecule has 0 fully saturated rings. The number of para-hydroxylation sites is 1. The third-order valence-electron chi connectivity index (χ3n) is 5.94. The van der Waals surface area contributed by atoms with Gasteiger partial charge in [0.1, 0.15) is 5.58 Å². The summed E-state index contributed by atoms with van der Waals surface area (Å²) >= 11 is 12.4. The summed E-state index contributed by atoms with van der Waals surface area (Å²) in [6.07, 6.45) is 0.545. The summed E-state index contributed by atoms with van der Waals surface area (Å²) in [6, 6.07) is 22.6. The molecule has 0 aliphatic carbocycles. The molecule has 5 rings (SSSR count). The minimum Gasteiger partial charge on any atom is -0.503 e. The molecule has 1 N–H and O–H groups in total. The van der Waals surface area contributed by atoms with Crippen LogP contribution in [0.15, 0.2) is 94.6 Å². The van der Waals surface area contributed by atoms with Crippen LogP contribution in [0.4, 0.5) is 0 Å². The van der Waals surface area contributed by atoms with Crippen molar-refractivity contribution in [1.29, 1.82) is 0 Å². The van der Waals surface area contributed by atoms with Gasteiger partial charge < -0.3 is 14.4 Å². The Morgan fingerprint density at radius 2 is 1.68 bits per heavy atom. The summed E-state index contributed by atoms with van der Waals surface area (Å²) in [6.45, 7) is 0.286. The first-order valence-corrected chi connectivity index (χ1v) is 11.5. The first kappa shape index (κ1) is 22.3. The highest BCUT2D eigenvalue weighted by molar-refractivity contribution is 6.42. The Kier molecular flexibility index (Phi) is 5.90. The summed E-state index contributed by atoms with van der Waals surface area (Å²) in [5.41, 5.74) is 2.09. The molecular formula is C27H19Cl2NO4. The fourth-order valence-electron chi connectivity index (χ4n) is 4.27. The maximum atomic E-state index is 13.6. The van der Waals surface area contributed by atoms with Gasteiger partial charge >= 0.3 is 0 Å². The van der Waals surface area contributed by atoms with Crippen LogP contribution in [-0.2, 0) is 11.2 Å². The average molecular weight is 492 g/mol. The van der Waals surface area contributed by atoms with Gasteiger partial charge in [0.2, 0.25) is 5.78 Å². The van der Waals surface area contributed by atoms with Gasteiger partial charge in [0.15, 0.2) is 11.5 Å². The highest BCUT2D eigenvalue weighted by Crippen LogP contribution is 2.41. The van der Waals surface area contributed by atoms with E-state index in [0.29, 0.717) is 22.6 Å². The third-order valence-corrected chi connectivity index (χ3v) is 6.68. The van der Waals surface area contributed by atoms with Crippen molar-refractivity contribution in [2.75, 3.05) is 6.54 Å². The van der Waals surface area contributed by atoms with E-state index in [1.165, 1.54) is 4.90 Å². The monoisotopic (exact) mass is 491 g/mol. The fraction of sp³-hybridized carbons (Fsp3) is 0.111. The number of hydrogen-bond donors (Lipinski definition) is 1. The van der Waals surface area contributed by atoms with E-state index in [2.05, 4.69) is 0 Å². The van der Waals surface area contributed by atoms with E-state index in [9.17, 15) is 14.7 Å². The number of furan rings is 1. The molecule has 1 aliphatic rings. The minimum atomic E-state index is -0.841. The van der Waals surface area contributed by atoms with Crippen LogP contribution in [0.25, 0.3) is 11.0 Å². The lowest BCUT2D eigenvalue weighted by Crippen LogP contribution is -2.33. The summed E-state index contributed by atoms with van der Waals surface area (Å²) in [4.78, 5) is 28.2. The molecule has 1 aromatic heterocycles. The normalized spacial score (nSPS) is 16.0. The Balaban J connectivity index is 1.56. The maximum Gasteiger partial charge on any atom is 0.290 e. The first-order valence-electron chi connectivity index (χ1n) is 10.7. The molecule has 2 heterocycles. The van der Waals surface area contributed by atoms with Gasteiger partial charge in [-0.15, -0.1) is 0 Å². The van der Waals surface area contributed by atoms with Crippen molar-refractivity contribution in [2.24, 2.45) is 0 Å². The van der Waals surface area contributed by atoms with Crippen LogP contribution < -0.4 is 0 Å². The smallest absolute Gasteiger partial charge is 0.290 e. The Hall–Kier alpha value is -3.54. The number of aliphatic hydroxyl groups excluding tert-OH is 1. The molecule has 0 saturated carbocycles. The molecule has 0 spiro atoms. The van der Waals surface area contributed by atoms with E-state index in [4.69, 9.17) is 27.6 Å². The lowest BCUT2D eigenvalue weighted by atomic mass is 9.94. The molecule has 0 saturated heterocycles. The number of fused-ring (bicyclic) bond motifs is 1. The molecule has 4 aromatic rings. The zero-order chi connectivity index (χ0) is 23.8. The number of nitrogens with zero attached hydrogens (tertiary/aromatic N) is 1. The van der Waals surface area contributed by atoms with Crippen molar-refractivity contribution in [3.63, 3.8) is 0 Å². The van der Waals surface area contributed by atoms with Crippen LogP contribution in [-0.4, -0.2) is 28.2 Å². The zero-order valence-corrected chi connectivity index (χ0v) is 19.4. The number of rotatable bonds is 6. The van der Waals surface area contributed by atoms with Crippen LogP contribution in [0, 0.1) is 0 Å². The minimum absolute atomic E-state index is 0.0458. The second kappa shape index (κ2) is 9.01. The van der Waals surface area contributed by atoms with Crippen LogP contribution in [0.5, 0.6) is 0 Å². The summed E-state index contributed by atoms with van der Waals surface area (Å²) < 4.78 is 5.75. The summed E-state index contributed by atoms with van der Waals surface area (Å²) in [5.74, 6) is -1.72. The fourth-order valence-corrected chi connectivity index (χ4v) is 4.57. The molecule has 3 aromatic carbocycles. The number of amides is 1. The van der Waals surface area contributed by atoms with Gasteiger partial charge in [-0.3, -0.25) is 9.59 Å². The molecule has 1 unspecified atom stereocenters. The molecule has 0 radical (unpaired) electrons. The molecule has 1 aliphatic heterocycles. The molecule has 34 heavy (non-hydrogen) atoms. The lowest BCUT2D eigenvalue weighted by molar-refractivity contribution is -0.129. The van der Waals surface area contributed by atoms with E-state index in [1.54, 1.807) is 36.4 Å². The SMILES string of the molecule is O=C(C1=C(O)C(=O)N(CCc2ccccc2)C1c1ccc(Cl)c(Cl)c1)c1cc2ccccc2o1. The Morgan fingerprint density at radius 3 is 2.41 bits per heavy atom. The second-order valence-corrected chi connectivity index (χ2v) is 8.86. The average Bonchev–Trinajstić information content (AvgIpc) is 3.39. The number of halogens is 2. The third kappa shape index (κ3) is 3.98. The standard InChI is InChI=1S/C27H19Cl2NO4/c28-19-11-10-18(14-20(19)29)24-23(25(31)22-15-17-8-4-5-9-21(17)34-22)26(32)27(33)30(24)13-12-16-6-2-1-3-7-16/h1-11,14-15,24,32H,12-13H2. The number of carbonyl (C=O) groups excluding carboxylic acids is 2. The highest BCUT2D eigenvalue weighted by atomic mass is 35.5. The number of hydrogen-bond acceptors (Lipinski definition) is 4. The van der Waals surface area contributed by atoms with Crippen LogP contribution in [0.1, 0.15) is 27.7 Å². The van der Waals surface area contributed by atoms with E-state index >= 15 is 0 Å². The highest BCUT2D eigenvalue weighted by Gasteiger charge is 2.44. The Bertz CT molecular complexity index is 1410. The second-order valence-electron chi connectivity index (χ2n) is 8.05. The Morgan fingerprint density at radius 1 is 0.941 bits per heavy atom. The van der Waals surface area contributed by atoms with Gasteiger partial charge in [-0.05, 0) is 41.8 Å². The van der Waals surface area contributed by atoms with Crippen LogP contribution in [0.3, 0.4) is 0 Å². The molecule has 0 bridgehead atoms. The van der Waals surface area contributed by atoms with Crippen LogP contribution >= 0.6 is 23.2 Å². The number of carbonyl (C=O) groups is 2. The van der Waals surface area contributed by atoms with Gasteiger partial charge in [-0.1, -0.05) is 77.8 Å². The van der Waals surface area contributed by atoms with Crippen molar-refractivity contribution in [1.82, 2.24) is 4.90 Å². The molecule has 7 heteroatoms. The first-order chi connectivity index (χ1) is 16.4. The number of ketones is 1. The van der Waals surface area contributed by atoms with Gasteiger partial charge in [-0.2, -0.15) is 0 Å². The van der Waals surface area contributed by atoms with Crippen molar-refractivity contribution in [2.45, 2.75) is 12.5 Å². The molecule has 1 amide bonds. The topological polar surface area (TPSA) is 70.8 Å². The predicted molar refractivity (Wildman–Crippen MR) is 131 cm³/mol.